The quantitative estimate of drug-likeness (QED) is 0.269. The van der Waals surface area contributed by atoms with Gasteiger partial charge in [-0.1, -0.05) is 37.8 Å². The highest BCUT2D eigenvalue weighted by atomic mass is 28.3. The van der Waals surface area contributed by atoms with E-state index in [1.165, 1.54) is 0 Å². The number of benzene rings is 1. The summed E-state index contributed by atoms with van der Waals surface area (Å²) in [4.78, 5) is 14.8. The summed E-state index contributed by atoms with van der Waals surface area (Å²) in [5.74, 6) is -0.582. The predicted molar refractivity (Wildman–Crippen MR) is 73.3 cm³/mol. The van der Waals surface area contributed by atoms with Crippen molar-refractivity contribution in [2.24, 2.45) is 0 Å². The minimum Gasteiger partial charge on any atom is -0.457 e. The normalized spacial score (nSPS) is 10.6. The van der Waals surface area contributed by atoms with Crippen LogP contribution in [0.3, 0.4) is 0 Å². The summed E-state index contributed by atoms with van der Waals surface area (Å²) < 4.78 is 5.13. The van der Waals surface area contributed by atoms with E-state index < -0.39 is 14.0 Å². The second-order valence-corrected chi connectivity index (χ2v) is 10.9. The largest absolute Gasteiger partial charge is 0.457 e. The third kappa shape index (κ3) is 4.65. The molecule has 18 heavy (non-hydrogen) atoms. The molecule has 0 aliphatic rings. The zero-order chi connectivity index (χ0) is 13.6. The molecular formula is C13H18N2O2Si. The summed E-state index contributed by atoms with van der Waals surface area (Å²) >= 11 is 0. The zero-order valence-corrected chi connectivity index (χ0v) is 12.0. The predicted octanol–water partition coefficient (Wildman–Crippen LogP) is 2.59. The van der Waals surface area contributed by atoms with Crippen molar-refractivity contribution in [3.8, 4) is 0 Å². The van der Waals surface area contributed by atoms with E-state index in [0.29, 0.717) is 12.2 Å². The van der Waals surface area contributed by atoms with Crippen LogP contribution in [-0.4, -0.2) is 31.2 Å². The minimum absolute atomic E-state index is 0.0498. The Balaban J connectivity index is 2.63. The Morgan fingerprint density at radius 3 is 2.39 bits per heavy atom. The van der Waals surface area contributed by atoms with E-state index in [0.717, 1.165) is 6.04 Å². The van der Waals surface area contributed by atoms with Gasteiger partial charge in [-0.25, -0.2) is 4.79 Å². The highest BCUT2D eigenvalue weighted by molar-refractivity contribution is 6.76. The number of carbonyl (C=O) groups is 1. The number of carbonyl (C=O) groups excluding carboxylic acids is 1. The standard InChI is InChI=1S/C13H18N2O2Si/c1-18(2,3)10-9-17-13(16)12(15-14)11-7-5-4-6-8-11/h4-8H,9-10H2,1-3H3. The minimum atomic E-state index is -1.23. The molecule has 0 spiro atoms. The fourth-order valence-electron chi connectivity index (χ4n) is 1.33. The van der Waals surface area contributed by atoms with Crippen molar-refractivity contribution in [2.75, 3.05) is 6.61 Å². The molecule has 0 saturated carbocycles. The molecule has 5 heteroatoms. The van der Waals surface area contributed by atoms with E-state index >= 15 is 0 Å². The second-order valence-electron chi connectivity index (χ2n) is 5.26. The van der Waals surface area contributed by atoms with Gasteiger partial charge in [0, 0.05) is 8.07 Å². The first-order chi connectivity index (χ1) is 8.44. The van der Waals surface area contributed by atoms with Gasteiger partial charge in [-0.15, -0.1) is 0 Å². The van der Waals surface area contributed by atoms with Crippen LogP contribution in [0.2, 0.25) is 25.7 Å². The molecule has 0 N–H and O–H groups in total. The topological polar surface area (TPSA) is 62.7 Å². The SMILES string of the molecule is C[Si](C)(C)CCOC(=O)C(=[N+]=[N-])c1ccccc1. The molecule has 0 heterocycles. The van der Waals surface area contributed by atoms with Gasteiger partial charge in [0.1, 0.15) is 0 Å². The van der Waals surface area contributed by atoms with Gasteiger partial charge >= 0.3 is 11.7 Å². The maximum Gasteiger partial charge on any atom is 0.422 e. The van der Waals surface area contributed by atoms with Crippen molar-refractivity contribution in [1.29, 1.82) is 0 Å². The molecule has 1 rings (SSSR count). The molecule has 4 nitrogen and oxygen atoms in total. The van der Waals surface area contributed by atoms with Gasteiger partial charge in [-0.3, -0.25) is 0 Å². The van der Waals surface area contributed by atoms with Gasteiger partial charge in [-0.2, -0.15) is 4.79 Å². The van der Waals surface area contributed by atoms with Gasteiger partial charge in [0.05, 0.1) is 12.2 Å². The first kappa shape index (κ1) is 14.3. The first-order valence-corrected chi connectivity index (χ1v) is 9.59. The Kier molecular flexibility index (Phi) is 5.01. The lowest BCUT2D eigenvalue weighted by molar-refractivity contribution is -0.139. The number of ether oxygens (including phenoxy) is 1. The third-order valence-corrected chi connectivity index (χ3v) is 4.13. The van der Waals surface area contributed by atoms with Crippen LogP contribution in [-0.2, 0) is 9.53 Å². The van der Waals surface area contributed by atoms with Gasteiger partial charge in [-0.05, 0) is 18.2 Å². The monoisotopic (exact) mass is 262 g/mol. The third-order valence-electron chi connectivity index (χ3n) is 2.43. The van der Waals surface area contributed by atoms with Crippen molar-refractivity contribution >= 4 is 19.8 Å². The van der Waals surface area contributed by atoms with Crippen LogP contribution in [0, 0.1) is 0 Å². The maximum absolute atomic E-state index is 11.8. The zero-order valence-electron chi connectivity index (χ0n) is 11.0. The van der Waals surface area contributed by atoms with E-state index in [1.807, 2.05) is 6.07 Å². The summed E-state index contributed by atoms with van der Waals surface area (Å²) in [6.07, 6.45) is 0. The van der Waals surface area contributed by atoms with E-state index in [4.69, 9.17) is 10.3 Å². The summed E-state index contributed by atoms with van der Waals surface area (Å²) in [7, 11) is -1.23. The molecule has 0 fully saturated rings. The Labute approximate surface area is 108 Å². The smallest absolute Gasteiger partial charge is 0.422 e. The highest BCUT2D eigenvalue weighted by Gasteiger charge is 2.25. The van der Waals surface area contributed by atoms with Crippen LogP contribution >= 0.6 is 0 Å². The number of hydrogen-bond acceptors (Lipinski definition) is 2. The van der Waals surface area contributed by atoms with Crippen molar-refractivity contribution in [2.45, 2.75) is 25.7 Å². The molecule has 0 aromatic heterocycles. The molecule has 0 radical (unpaired) electrons. The van der Waals surface area contributed by atoms with Crippen LogP contribution in [0.25, 0.3) is 5.53 Å². The van der Waals surface area contributed by atoms with Gasteiger partial charge < -0.3 is 10.3 Å². The average molecular weight is 262 g/mol. The fraction of sp³-hybridized carbons (Fsp3) is 0.385. The summed E-state index contributed by atoms with van der Waals surface area (Å²) in [6.45, 7) is 7.00. The molecule has 0 bridgehead atoms. The van der Waals surface area contributed by atoms with E-state index in [-0.39, 0.29) is 5.71 Å². The number of nitrogens with zero attached hydrogens (tertiary/aromatic N) is 2. The first-order valence-electron chi connectivity index (χ1n) is 5.88. The number of hydrogen-bond donors (Lipinski definition) is 0. The van der Waals surface area contributed by atoms with Crippen molar-refractivity contribution in [3.05, 3.63) is 41.4 Å². The van der Waals surface area contributed by atoms with Crippen molar-refractivity contribution in [3.63, 3.8) is 0 Å². The highest BCUT2D eigenvalue weighted by Crippen LogP contribution is 2.08. The number of rotatable bonds is 5. The molecule has 0 atom stereocenters. The molecule has 0 saturated heterocycles. The van der Waals surface area contributed by atoms with Gasteiger partial charge in [0.15, 0.2) is 0 Å². The average Bonchev–Trinajstić information content (AvgIpc) is 2.29. The Morgan fingerprint density at radius 1 is 1.28 bits per heavy atom. The lowest BCUT2D eigenvalue weighted by atomic mass is 10.1. The van der Waals surface area contributed by atoms with Crippen LogP contribution in [0.5, 0.6) is 0 Å². The van der Waals surface area contributed by atoms with E-state index in [1.54, 1.807) is 24.3 Å². The van der Waals surface area contributed by atoms with Crippen molar-refractivity contribution in [1.82, 2.24) is 0 Å². The maximum atomic E-state index is 11.8. The van der Waals surface area contributed by atoms with E-state index in [9.17, 15) is 4.79 Å². The molecular weight excluding hydrogens is 244 g/mol. The lowest BCUT2D eigenvalue weighted by Gasteiger charge is -2.14. The Morgan fingerprint density at radius 2 is 1.89 bits per heavy atom. The van der Waals surface area contributed by atoms with Gasteiger partial charge in [0.2, 0.25) is 0 Å². The van der Waals surface area contributed by atoms with Crippen molar-refractivity contribution < 1.29 is 14.3 Å². The van der Waals surface area contributed by atoms with Crippen LogP contribution < -0.4 is 0 Å². The Bertz CT molecular complexity index is 460. The molecule has 1 aromatic carbocycles. The molecule has 0 amide bonds. The lowest BCUT2D eigenvalue weighted by Crippen LogP contribution is -2.25. The van der Waals surface area contributed by atoms with Crippen LogP contribution in [0.15, 0.2) is 30.3 Å². The molecule has 0 unspecified atom stereocenters. The molecule has 1 aromatic rings. The van der Waals surface area contributed by atoms with Gasteiger partial charge in [0.25, 0.3) is 0 Å². The van der Waals surface area contributed by atoms with E-state index in [2.05, 4.69) is 24.4 Å². The second kappa shape index (κ2) is 6.28. The number of esters is 1. The van der Waals surface area contributed by atoms with Crippen LogP contribution in [0.4, 0.5) is 0 Å². The summed E-state index contributed by atoms with van der Waals surface area (Å²) in [5.41, 5.74) is 9.41. The molecule has 0 aliphatic carbocycles. The molecule has 96 valence electrons. The summed E-state index contributed by atoms with van der Waals surface area (Å²) in [5, 5.41) is 0. The Hall–Kier alpha value is -1.71. The fourth-order valence-corrected chi connectivity index (χ4v) is 2.05. The molecule has 0 aliphatic heterocycles. The summed E-state index contributed by atoms with van der Waals surface area (Å²) in [6, 6.07) is 9.68. The van der Waals surface area contributed by atoms with Crippen LogP contribution in [0.1, 0.15) is 5.56 Å².